The van der Waals surface area contributed by atoms with Crippen molar-refractivity contribution in [2.24, 2.45) is 17.8 Å². The maximum absolute atomic E-state index is 12.1. The second kappa shape index (κ2) is 5.95. The molecular formula is C17H23N3O2S2. The van der Waals surface area contributed by atoms with Crippen molar-refractivity contribution in [3.63, 3.8) is 0 Å². The average molecular weight is 366 g/mol. The summed E-state index contributed by atoms with van der Waals surface area (Å²) in [6.45, 7) is 0.682. The molecule has 0 radical (unpaired) electrons. The van der Waals surface area contributed by atoms with Gasteiger partial charge in [0.25, 0.3) is 5.91 Å². The second-order valence-electron chi connectivity index (χ2n) is 8.08. The van der Waals surface area contributed by atoms with Crippen molar-refractivity contribution in [2.45, 2.75) is 67.4 Å². The van der Waals surface area contributed by atoms with Gasteiger partial charge in [0.15, 0.2) is 0 Å². The molecule has 0 aromatic carbocycles. The lowest BCUT2D eigenvalue weighted by Crippen LogP contribution is -2.48. The molecule has 5 fully saturated rings. The van der Waals surface area contributed by atoms with E-state index in [4.69, 9.17) is 4.74 Å². The molecule has 1 aromatic heterocycles. The maximum Gasteiger partial charge on any atom is 0.255 e. The second-order valence-corrected chi connectivity index (χ2v) is 10.3. The van der Waals surface area contributed by atoms with Crippen LogP contribution in [0.5, 0.6) is 0 Å². The molecule has 130 valence electrons. The van der Waals surface area contributed by atoms with Gasteiger partial charge in [-0.1, -0.05) is 11.8 Å². The largest absolute Gasteiger partial charge is 0.368 e. The number of ether oxygens (including phenoxy) is 1. The van der Waals surface area contributed by atoms with Crippen LogP contribution < -0.4 is 5.32 Å². The Bertz CT molecular complexity index is 606. The van der Waals surface area contributed by atoms with Gasteiger partial charge in [0.1, 0.15) is 6.10 Å². The van der Waals surface area contributed by atoms with E-state index in [1.807, 2.05) is 11.8 Å². The van der Waals surface area contributed by atoms with Crippen LogP contribution in [0.2, 0.25) is 0 Å². The zero-order valence-corrected chi connectivity index (χ0v) is 15.3. The Morgan fingerprint density at radius 1 is 1.21 bits per heavy atom. The number of hydrogen-bond donors (Lipinski definition) is 1. The molecule has 1 atom stereocenters. The number of carbonyl (C=O) groups excluding carboxylic acids is 1. The molecule has 7 heteroatoms. The van der Waals surface area contributed by atoms with Crippen molar-refractivity contribution in [3.8, 4) is 0 Å². The normalized spacial score (nSPS) is 40.2. The van der Waals surface area contributed by atoms with E-state index in [2.05, 4.69) is 14.7 Å². The van der Waals surface area contributed by atoms with Gasteiger partial charge in [-0.2, -0.15) is 9.36 Å². The number of anilines is 1. The molecule has 5 nitrogen and oxygen atoms in total. The molecule has 2 heterocycles. The minimum atomic E-state index is -0.312. The lowest BCUT2D eigenvalue weighted by atomic mass is 9.56. The van der Waals surface area contributed by atoms with Crippen LogP contribution in [0, 0.1) is 17.8 Å². The number of nitrogens with one attached hydrogen (secondary N) is 1. The van der Waals surface area contributed by atoms with Crippen LogP contribution in [0.4, 0.5) is 5.13 Å². The molecule has 1 saturated heterocycles. The molecule has 4 aliphatic carbocycles. The molecule has 4 saturated carbocycles. The van der Waals surface area contributed by atoms with Crippen LogP contribution in [0.25, 0.3) is 0 Å². The highest BCUT2D eigenvalue weighted by Crippen LogP contribution is 2.61. The first kappa shape index (κ1) is 15.6. The Kier molecular flexibility index (Phi) is 3.87. The molecule has 6 rings (SSSR count). The van der Waals surface area contributed by atoms with E-state index in [0.717, 1.165) is 35.8 Å². The van der Waals surface area contributed by atoms with Crippen molar-refractivity contribution in [1.82, 2.24) is 9.36 Å². The third-order valence-corrected chi connectivity index (χ3v) is 8.19. The summed E-state index contributed by atoms with van der Waals surface area (Å²) in [6.07, 6.45) is 9.81. The van der Waals surface area contributed by atoms with Crippen LogP contribution in [0.3, 0.4) is 0 Å². The Morgan fingerprint density at radius 2 is 1.92 bits per heavy atom. The standard InChI is InChI=1S/C17H23N3O2S2/c21-14(13-2-1-3-22-13)18-15-19-16(20-24-15)23-17-7-10-4-11(8-17)6-12(5-10)9-17/h10-13H,1-9H2,(H,18,19,20,21). The average Bonchev–Trinajstić information content (AvgIpc) is 3.17. The highest BCUT2D eigenvalue weighted by molar-refractivity contribution is 8.00. The van der Waals surface area contributed by atoms with Crippen molar-refractivity contribution >= 4 is 34.3 Å². The van der Waals surface area contributed by atoms with Gasteiger partial charge in [0, 0.05) is 22.9 Å². The predicted molar refractivity (Wildman–Crippen MR) is 94.3 cm³/mol. The van der Waals surface area contributed by atoms with Crippen molar-refractivity contribution in [1.29, 1.82) is 0 Å². The first-order chi connectivity index (χ1) is 11.7. The third kappa shape index (κ3) is 2.88. The topological polar surface area (TPSA) is 64.1 Å². The van der Waals surface area contributed by atoms with Gasteiger partial charge in [0.2, 0.25) is 10.3 Å². The van der Waals surface area contributed by atoms with Crippen molar-refractivity contribution < 1.29 is 9.53 Å². The summed E-state index contributed by atoms with van der Waals surface area (Å²) in [5.74, 6) is 2.72. The summed E-state index contributed by atoms with van der Waals surface area (Å²) in [5.41, 5.74) is 0. The summed E-state index contributed by atoms with van der Waals surface area (Å²) in [4.78, 5) is 16.7. The Balaban J connectivity index is 1.25. The first-order valence-corrected chi connectivity index (χ1v) is 10.7. The molecule has 1 aliphatic heterocycles. The van der Waals surface area contributed by atoms with Crippen molar-refractivity contribution in [2.75, 3.05) is 11.9 Å². The van der Waals surface area contributed by atoms with Gasteiger partial charge >= 0.3 is 0 Å². The van der Waals surface area contributed by atoms with Crippen LogP contribution in [0.15, 0.2) is 5.16 Å². The summed E-state index contributed by atoms with van der Waals surface area (Å²) in [6, 6.07) is 0. The molecule has 1 amide bonds. The van der Waals surface area contributed by atoms with Crippen LogP contribution in [-0.2, 0) is 9.53 Å². The smallest absolute Gasteiger partial charge is 0.255 e. The molecule has 5 aliphatic rings. The van der Waals surface area contributed by atoms with Crippen LogP contribution in [0.1, 0.15) is 51.4 Å². The lowest BCUT2D eigenvalue weighted by molar-refractivity contribution is -0.124. The fourth-order valence-corrected chi connectivity index (χ4v) is 7.90. The number of hydrogen-bond acceptors (Lipinski definition) is 6. The number of amides is 1. The van der Waals surface area contributed by atoms with E-state index in [1.54, 1.807) is 0 Å². The number of aromatic nitrogens is 2. The summed E-state index contributed by atoms with van der Waals surface area (Å²) >= 11 is 3.18. The number of carbonyl (C=O) groups is 1. The fourth-order valence-electron chi connectivity index (χ4n) is 5.62. The fraction of sp³-hybridized carbons (Fsp3) is 0.824. The summed E-state index contributed by atoms with van der Waals surface area (Å²) in [7, 11) is 0. The molecule has 0 spiro atoms. The molecule has 1 N–H and O–H groups in total. The first-order valence-electron chi connectivity index (χ1n) is 9.13. The van der Waals surface area contributed by atoms with Crippen molar-refractivity contribution in [3.05, 3.63) is 0 Å². The molecular weight excluding hydrogens is 342 g/mol. The SMILES string of the molecule is O=C(Nc1nc(SC23CC4CC(CC(C4)C2)C3)ns1)C1CCCO1. The van der Waals surface area contributed by atoms with Crippen LogP contribution >= 0.6 is 23.3 Å². The quantitative estimate of drug-likeness (QED) is 0.881. The van der Waals surface area contributed by atoms with E-state index in [-0.39, 0.29) is 12.0 Å². The highest BCUT2D eigenvalue weighted by Gasteiger charge is 2.51. The number of rotatable bonds is 4. The Morgan fingerprint density at radius 3 is 2.54 bits per heavy atom. The minimum absolute atomic E-state index is 0.0741. The molecule has 4 bridgehead atoms. The van der Waals surface area contributed by atoms with Crippen LogP contribution in [-0.4, -0.2) is 32.7 Å². The van der Waals surface area contributed by atoms with Gasteiger partial charge in [-0.25, -0.2) is 0 Å². The van der Waals surface area contributed by atoms with Gasteiger partial charge in [0.05, 0.1) is 0 Å². The minimum Gasteiger partial charge on any atom is -0.368 e. The van der Waals surface area contributed by atoms with Gasteiger partial charge in [-0.05, 0) is 69.1 Å². The van der Waals surface area contributed by atoms with E-state index >= 15 is 0 Å². The summed E-state index contributed by atoms with van der Waals surface area (Å²) in [5, 5.41) is 4.35. The number of nitrogens with zero attached hydrogens (tertiary/aromatic N) is 2. The monoisotopic (exact) mass is 365 g/mol. The van der Waals surface area contributed by atoms with E-state index in [0.29, 0.717) is 16.5 Å². The Hall–Kier alpha value is -0.660. The van der Waals surface area contributed by atoms with E-state index in [9.17, 15) is 4.79 Å². The molecule has 24 heavy (non-hydrogen) atoms. The molecule has 1 aromatic rings. The predicted octanol–water partition coefficient (Wildman–Crippen LogP) is 3.72. The zero-order chi connectivity index (χ0) is 16.1. The number of thioether (sulfide) groups is 1. The van der Waals surface area contributed by atoms with Gasteiger partial charge in [-0.15, -0.1) is 0 Å². The third-order valence-electron chi connectivity index (χ3n) is 6.15. The van der Waals surface area contributed by atoms with E-state index in [1.165, 1.54) is 50.1 Å². The maximum atomic E-state index is 12.1. The summed E-state index contributed by atoms with van der Waals surface area (Å²) < 4.78 is 10.3. The zero-order valence-electron chi connectivity index (χ0n) is 13.7. The van der Waals surface area contributed by atoms with Gasteiger partial charge < -0.3 is 4.74 Å². The van der Waals surface area contributed by atoms with Gasteiger partial charge in [-0.3, -0.25) is 10.1 Å². The van der Waals surface area contributed by atoms with E-state index < -0.39 is 0 Å². The molecule has 1 unspecified atom stereocenters. The lowest BCUT2D eigenvalue weighted by Gasteiger charge is -2.56. The highest BCUT2D eigenvalue weighted by atomic mass is 32.2. The Labute approximate surface area is 150 Å².